The Morgan fingerprint density at radius 2 is 0.489 bits per heavy atom. The van der Waals surface area contributed by atoms with E-state index in [1.165, 1.54) is 72.5 Å². The molecule has 1 aliphatic rings. The van der Waals surface area contributed by atoms with Gasteiger partial charge in [0.15, 0.2) is 24.6 Å². The molecule has 1 aromatic heterocycles. The maximum absolute atomic E-state index is 15.4. The molecule has 0 amide bonds. The van der Waals surface area contributed by atoms with E-state index in [1.54, 1.807) is 0 Å². The number of hydrogen-bond acceptors (Lipinski definition) is 4. The summed E-state index contributed by atoms with van der Waals surface area (Å²) in [5, 5.41) is 7.24. The molecule has 0 radical (unpaired) electrons. The molecular formula is C83H62N3OP. The molecule has 88 heavy (non-hydrogen) atoms. The molecule has 0 saturated heterocycles. The molecule has 0 N–H and O–H groups in total. The number of hydrogen-bond donors (Lipinski definition) is 0. The van der Waals surface area contributed by atoms with Crippen LogP contribution in [0.4, 0.5) is 0 Å². The third-order valence-corrected chi connectivity index (χ3v) is 21.2. The third kappa shape index (κ3) is 10.2. The van der Waals surface area contributed by atoms with Gasteiger partial charge in [-0.2, -0.15) is 0 Å². The van der Waals surface area contributed by atoms with Gasteiger partial charge in [-0.05, 0) is 101 Å². The van der Waals surface area contributed by atoms with Gasteiger partial charge in [-0.15, -0.1) is 0 Å². The zero-order chi connectivity index (χ0) is 58.9. The van der Waals surface area contributed by atoms with Crippen molar-refractivity contribution in [1.82, 2.24) is 15.0 Å². The molecule has 0 spiro atoms. The molecule has 13 aromatic carbocycles. The van der Waals surface area contributed by atoms with Gasteiger partial charge in [-0.3, -0.25) is 0 Å². The Hall–Kier alpha value is -10.4. The van der Waals surface area contributed by atoms with Gasteiger partial charge in [0, 0.05) is 38.0 Å². The van der Waals surface area contributed by atoms with Crippen molar-refractivity contribution in [3.8, 4) is 89.8 Å². The summed E-state index contributed by atoms with van der Waals surface area (Å²) >= 11 is 0. The van der Waals surface area contributed by atoms with Gasteiger partial charge in [0.25, 0.3) is 0 Å². The van der Waals surface area contributed by atoms with Crippen molar-refractivity contribution in [3.63, 3.8) is 0 Å². The van der Waals surface area contributed by atoms with Gasteiger partial charge < -0.3 is 4.57 Å². The van der Waals surface area contributed by atoms with Crippen LogP contribution < -0.4 is 15.9 Å². The van der Waals surface area contributed by atoms with Crippen LogP contribution >= 0.6 is 7.14 Å². The van der Waals surface area contributed by atoms with E-state index in [4.69, 9.17) is 15.0 Å². The number of fused-ring (bicyclic) bond motifs is 2. The first-order valence-electron chi connectivity index (χ1n) is 30.6. The molecular weight excluding hydrogens is 1090 g/mol. The van der Waals surface area contributed by atoms with Gasteiger partial charge in [-0.25, -0.2) is 15.0 Å². The molecule has 1 fully saturated rings. The summed E-state index contributed by atoms with van der Waals surface area (Å²) in [5.74, 6) is 1.90. The van der Waals surface area contributed by atoms with Crippen molar-refractivity contribution < 1.29 is 4.57 Å². The normalized spacial score (nSPS) is 13.1. The lowest BCUT2D eigenvalue weighted by Crippen LogP contribution is -2.30. The zero-order valence-electron chi connectivity index (χ0n) is 48.8. The molecule has 1 saturated carbocycles. The number of rotatable bonds is 13. The van der Waals surface area contributed by atoms with Crippen LogP contribution in [0.1, 0.15) is 43.2 Å². The molecule has 5 heteroatoms. The summed E-state index contributed by atoms with van der Waals surface area (Å²) in [4.78, 5) is 15.6. The van der Waals surface area contributed by atoms with Crippen LogP contribution in [0.25, 0.3) is 111 Å². The van der Waals surface area contributed by atoms with E-state index in [1.807, 2.05) is 66.7 Å². The van der Waals surface area contributed by atoms with Crippen molar-refractivity contribution in [2.45, 2.75) is 37.5 Å². The Morgan fingerprint density at radius 3 is 0.830 bits per heavy atom. The second kappa shape index (κ2) is 23.5. The van der Waals surface area contributed by atoms with Crippen molar-refractivity contribution in [2.75, 3.05) is 0 Å². The largest absolute Gasteiger partial charge is 0.309 e. The minimum absolute atomic E-state index is 0.153. The van der Waals surface area contributed by atoms with Gasteiger partial charge in [0.2, 0.25) is 0 Å². The fraction of sp³-hybridized carbons (Fsp3) is 0.0723. The quantitative estimate of drug-likeness (QED) is 0.0853. The Kier molecular flexibility index (Phi) is 14.5. The van der Waals surface area contributed by atoms with Crippen LogP contribution in [0.5, 0.6) is 0 Å². The van der Waals surface area contributed by atoms with E-state index < -0.39 is 7.14 Å². The predicted molar refractivity (Wildman–Crippen MR) is 368 cm³/mol. The highest BCUT2D eigenvalue weighted by Crippen LogP contribution is 2.49. The Balaban J connectivity index is 0.760. The highest BCUT2D eigenvalue weighted by Gasteiger charge is 2.36. The number of nitrogens with zero attached hydrogens (tertiary/aromatic N) is 3. The molecule has 0 unspecified atom stereocenters. The van der Waals surface area contributed by atoms with Crippen molar-refractivity contribution in [3.05, 3.63) is 327 Å². The summed E-state index contributed by atoms with van der Waals surface area (Å²) in [7, 11) is -3.14. The van der Waals surface area contributed by atoms with Crippen LogP contribution in [0.2, 0.25) is 0 Å². The Morgan fingerprint density at radius 1 is 0.239 bits per heavy atom. The minimum Gasteiger partial charge on any atom is -0.309 e. The first-order valence-corrected chi connectivity index (χ1v) is 32.3. The highest BCUT2D eigenvalue weighted by molar-refractivity contribution is 7.85. The fourth-order valence-corrected chi connectivity index (χ4v) is 16.3. The maximum Gasteiger partial charge on any atom is 0.171 e. The van der Waals surface area contributed by atoms with Crippen LogP contribution in [0, 0.1) is 0 Å². The van der Waals surface area contributed by atoms with Crippen LogP contribution in [-0.4, -0.2) is 15.0 Å². The SMILES string of the molecule is O=P(c1ccccc1)(c1ccccc1)c1ccc(-c2c3ccccc3c(-c3ccc(C4(c5ccc(-c6nc(-c7ccc(-c8ccccc8)cc7)nc(-c7ccc(-c8ccc(-c9ccccc9)cc8)cc7)n6)cc5)CCCCC4)cc3)c3ccccc23)cc1. The lowest BCUT2D eigenvalue weighted by molar-refractivity contribution is 0.346. The summed E-state index contributed by atoms with van der Waals surface area (Å²) in [6, 6.07) is 112. The average Bonchev–Trinajstić information content (AvgIpc) is 1.01. The molecule has 15 rings (SSSR count). The molecule has 1 heterocycles. The Labute approximate surface area is 515 Å². The summed E-state index contributed by atoms with van der Waals surface area (Å²) in [6.07, 6.45) is 5.71. The number of aromatic nitrogens is 3. The molecule has 0 aliphatic heterocycles. The third-order valence-electron chi connectivity index (χ3n) is 18.2. The first kappa shape index (κ1) is 54.3. The molecule has 420 valence electrons. The van der Waals surface area contributed by atoms with Gasteiger partial charge >= 0.3 is 0 Å². The monoisotopic (exact) mass is 1150 g/mol. The minimum atomic E-state index is -3.14. The molecule has 4 nitrogen and oxygen atoms in total. The van der Waals surface area contributed by atoms with Crippen molar-refractivity contribution >= 4 is 44.6 Å². The first-order chi connectivity index (χ1) is 43.5. The van der Waals surface area contributed by atoms with E-state index in [0.29, 0.717) is 17.5 Å². The molecule has 0 bridgehead atoms. The lowest BCUT2D eigenvalue weighted by atomic mass is 9.65. The molecule has 14 aromatic rings. The summed E-state index contributed by atoms with van der Waals surface area (Å²) in [5.41, 5.74) is 17.0. The predicted octanol–water partition coefficient (Wildman–Crippen LogP) is 20.4. The van der Waals surface area contributed by atoms with E-state index in [0.717, 1.165) is 80.5 Å². The second-order valence-electron chi connectivity index (χ2n) is 23.2. The maximum atomic E-state index is 15.4. The zero-order valence-corrected chi connectivity index (χ0v) is 49.6. The van der Waals surface area contributed by atoms with Crippen molar-refractivity contribution in [1.29, 1.82) is 0 Å². The smallest absolute Gasteiger partial charge is 0.171 e. The fourth-order valence-electron chi connectivity index (χ4n) is 13.6. The summed E-state index contributed by atoms with van der Waals surface area (Å²) < 4.78 is 15.4. The molecule has 0 atom stereocenters. The van der Waals surface area contributed by atoms with Gasteiger partial charge in [0.05, 0.1) is 0 Å². The Bertz CT molecular complexity index is 4720. The van der Waals surface area contributed by atoms with Gasteiger partial charge in [-0.1, -0.05) is 335 Å². The lowest BCUT2D eigenvalue weighted by Gasteiger charge is -2.39. The molecule has 1 aliphatic carbocycles. The van der Waals surface area contributed by atoms with Gasteiger partial charge in [0.1, 0.15) is 0 Å². The van der Waals surface area contributed by atoms with Crippen LogP contribution in [0.15, 0.2) is 315 Å². The highest BCUT2D eigenvalue weighted by atomic mass is 31.2. The average molecular weight is 1150 g/mol. The van der Waals surface area contributed by atoms with Crippen molar-refractivity contribution in [2.24, 2.45) is 0 Å². The summed E-state index contributed by atoms with van der Waals surface area (Å²) in [6.45, 7) is 0. The topological polar surface area (TPSA) is 55.7 Å². The van der Waals surface area contributed by atoms with E-state index in [-0.39, 0.29) is 5.41 Å². The van der Waals surface area contributed by atoms with E-state index >= 15 is 4.57 Å². The van der Waals surface area contributed by atoms with E-state index in [2.05, 4.69) is 249 Å². The van der Waals surface area contributed by atoms with E-state index in [9.17, 15) is 0 Å². The standard InChI is InChI=1S/C83H62N3OP/c87-88(71-24-10-3-11-25-71,72-26-12-4-13-27-72)73-54-48-65(49-55-73)79-76-30-16-14-28-74(76)78(75-29-15-17-31-77(75)79)64-44-50-69(51-45-64)83(56-18-5-19-57-83)70-52-46-68(47-53-70)82-85-80(66-40-36-61(37-41-66)59-22-8-2-9-23-59)84-81(86-82)67-42-38-63(39-43-67)62-34-32-60(33-35-62)58-20-6-1-7-21-58/h1-4,6-17,20-55H,5,18-19,56-57H2. The van der Waals surface area contributed by atoms with Crippen LogP contribution in [-0.2, 0) is 9.98 Å². The second-order valence-corrected chi connectivity index (χ2v) is 26.0. The number of benzene rings is 13. The van der Waals surface area contributed by atoms with Crippen LogP contribution in [0.3, 0.4) is 0 Å².